The van der Waals surface area contributed by atoms with Crippen molar-refractivity contribution in [3.63, 3.8) is 0 Å². The first-order valence-electron chi connectivity index (χ1n) is 8.34. The van der Waals surface area contributed by atoms with Crippen LogP contribution in [0.4, 0.5) is 0 Å². The largest absolute Gasteiger partial charge is 0.478 e. The third kappa shape index (κ3) is 5.17. The smallest absolute Gasteiger partial charge is 0.336 e. The average Bonchev–Trinajstić information content (AvgIpc) is 2.65. The molecule has 0 unspecified atom stereocenters. The van der Waals surface area contributed by atoms with Gasteiger partial charge in [-0.05, 0) is 24.6 Å². The van der Waals surface area contributed by atoms with Crippen LogP contribution < -0.4 is 0 Å². The van der Waals surface area contributed by atoms with Crippen LogP contribution in [0.3, 0.4) is 0 Å². The van der Waals surface area contributed by atoms with E-state index in [0.717, 1.165) is 5.56 Å². The fourth-order valence-electron chi connectivity index (χ4n) is 2.54. The molecule has 1 N–H and O–H groups in total. The Morgan fingerprint density at radius 1 is 0.962 bits per heavy atom. The maximum atomic E-state index is 13.0. The number of carboxylic acids is 1. The van der Waals surface area contributed by atoms with Gasteiger partial charge in [0.25, 0.3) is 5.91 Å². The summed E-state index contributed by atoms with van der Waals surface area (Å²) in [4.78, 5) is 37.5. The molecule has 6 heteroatoms. The van der Waals surface area contributed by atoms with Gasteiger partial charge < -0.3 is 14.7 Å². The van der Waals surface area contributed by atoms with Crippen molar-refractivity contribution in [1.82, 2.24) is 4.90 Å². The summed E-state index contributed by atoms with van der Waals surface area (Å²) in [6.45, 7) is 2.40. The molecule has 0 bridgehead atoms. The summed E-state index contributed by atoms with van der Waals surface area (Å²) in [5.41, 5.74) is 0.920. The molecule has 1 amide bonds. The normalized spacial score (nSPS) is 10.2. The molecule has 0 fully saturated rings. The van der Waals surface area contributed by atoms with Crippen LogP contribution in [0.1, 0.15) is 39.6 Å². The van der Waals surface area contributed by atoms with Crippen molar-refractivity contribution >= 4 is 17.8 Å². The lowest BCUT2D eigenvalue weighted by molar-refractivity contribution is -0.143. The molecule has 0 spiro atoms. The number of carboxylic acid groups (broad SMARTS) is 1. The van der Waals surface area contributed by atoms with Crippen molar-refractivity contribution in [1.29, 1.82) is 0 Å². The molecule has 0 atom stereocenters. The predicted octanol–water partition coefficient (Wildman–Crippen LogP) is 2.98. The number of esters is 1. The Kier molecular flexibility index (Phi) is 6.91. The Labute approximate surface area is 152 Å². The van der Waals surface area contributed by atoms with Gasteiger partial charge >= 0.3 is 11.9 Å². The quantitative estimate of drug-likeness (QED) is 0.736. The van der Waals surface area contributed by atoms with Gasteiger partial charge in [0.1, 0.15) is 0 Å². The van der Waals surface area contributed by atoms with E-state index in [0.29, 0.717) is 0 Å². The molecule has 0 saturated carbocycles. The number of amides is 1. The Balaban J connectivity index is 2.25. The van der Waals surface area contributed by atoms with Crippen molar-refractivity contribution < 1.29 is 24.2 Å². The molecule has 2 aromatic rings. The highest BCUT2D eigenvalue weighted by atomic mass is 16.5. The van der Waals surface area contributed by atoms with Gasteiger partial charge in [-0.1, -0.05) is 42.5 Å². The van der Waals surface area contributed by atoms with Gasteiger partial charge in [-0.3, -0.25) is 9.59 Å². The van der Waals surface area contributed by atoms with Gasteiger partial charge in [0.15, 0.2) is 0 Å². The summed E-state index contributed by atoms with van der Waals surface area (Å²) in [6.07, 6.45) is 0.0433. The first-order chi connectivity index (χ1) is 12.5. The summed E-state index contributed by atoms with van der Waals surface area (Å²) in [6, 6.07) is 15.4. The lowest BCUT2D eigenvalue weighted by atomic mass is 10.1. The monoisotopic (exact) mass is 355 g/mol. The lowest BCUT2D eigenvalue weighted by Gasteiger charge is -2.23. The van der Waals surface area contributed by atoms with Crippen LogP contribution in [0, 0.1) is 0 Å². The number of rotatable bonds is 8. The molecule has 0 aliphatic rings. The van der Waals surface area contributed by atoms with Crippen LogP contribution in [0.2, 0.25) is 0 Å². The first kappa shape index (κ1) is 19.2. The van der Waals surface area contributed by atoms with E-state index in [1.54, 1.807) is 19.1 Å². The second-order valence-corrected chi connectivity index (χ2v) is 5.62. The Hall–Kier alpha value is -3.15. The summed E-state index contributed by atoms with van der Waals surface area (Å²) >= 11 is 0. The van der Waals surface area contributed by atoms with Crippen molar-refractivity contribution in [2.24, 2.45) is 0 Å². The lowest BCUT2D eigenvalue weighted by Crippen LogP contribution is -2.33. The number of hydrogen-bond donors (Lipinski definition) is 1. The van der Waals surface area contributed by atoms with E-state index in [9.17, 15) is 19.5 Å². The van der Waals surface area contributed by atoms with Gasteiger partial charge in [-0.2, -0.15) is 0 Å². The van der Waals surface area contributed by atoms with Crippen molar-refractivity contribution in [2.75, 3.05) is 13.2 Å². The predicted molar refractivity (Wildman–Crippen MR) is 95.8 cm³/mol. The third-order valence-electron chi connectivity index (χ3n) is 3.78. The molecule has 0 aliphatic carbocycles. The molecule has 26 heavy (non-hydrogen) atoms. The van der Waals surface area contributed by atoms with E-state index in [1.807, 2.05) is 30.3 Å². The van der Waals surface area contributed by atoms with E-state index in [4.69, 9.17) is 4.74 Å². The zero-order chi connectivity index (χ0) is 18.9. The van der Waals surface area contributed by atoms with E-state index < -0.39 is 17.8 Å². The molecule has 2 rings (SSSR count). The minimum atomic E-state index is -1.17. The van der Waals surface area contributed by atoms with E-state index in [-0.39, 0.29) is 37.2 Å². The number of carbonyl (C=O) groups is 3. The maximum Gasteiger partial charge on any atom is 0.336 e. The summed E-state index contributed by atoms with van der Waals surface area (Å²) in [7, 11) is 0. The summed E-state index contributed by atoms with van der Waals surface area (Å²) in [5, 5.41) is 9.33. The minimum absolute atomic E-state index is 0.0433. The topological polar surface area (TPSA) is 83.9 Å². The highest BCUT2D eigenvalue weighted by Crippen LogP contribution is 2.15. The molecule has 0 aliphatic heterocycles. The molecule has 0 saturated heterocycles. The van der Waals surface area contributed by atoms with Gasteiger partial charge in [0, 0.05) is 13.1 Å². The molecule has 0 radical (unpaired) electrons. The molecule has 2 aromatic carbocycles. The summed E-state index contributed by atoms with van der Waals surface area (Å²) < 4.78 is 4.92. The molecule has 6 nitrogen and oxygen atoms in total. The number of aromatic carboxylic acids is 1. The van der Waals surface area contributed by atoms with Crippen molar-refractivity contribution in [2.45, 2.75) is 19.9 Å². The summed E-state index contributed by atoms with van der Waals surface area (Å²) in [5.74, 6) is -2.00. The Bertz CT molecular complexity index is 773. The average molecular weight is 355 g/mol. The maximum absolute atomic E-state index is 13.0. The van der Waals surface area contributed by atoms with Crippen molar-refractivity contribution in [3.8, 4) is 0 Å². The fourth-order valence-corrected chi connectivity index (χ4v) is 2.54. The van der Waals surface area contributed by atoms with E-state index in [2.05, 4.69) is 0 Å². The van der Waals surface area contributed by atoms with E-state index >= 15 is 0 Å². The van der Waals surface area contributed by atoms with Gasteiger partial charge in [0.2, 0.25) is 0 Å². The van der Waals surface area contributed by atoms with Crippen LogP contribution in [0.5, 0.6) is 0 Å². The van der Waals surface area contributed by atoms with Crippen LogP contribution in [0.25, 0.3) is 0 Å². The molecule has 0 heterocycles. The number of hydrogen-bond acceptors (Lipinski definition) is 4. The van der Waals surface area contributed by atoms with Crippen molar-refractivity contribution in [3.05, 3.63) is 71.3 Å². The van der Waals surface area contributed by atoms with Crippen LogP contribution in [-0.2, 0) is 16.1 Å². The highest BCUT2D eigenvalue weighted by molar-refractivity contribution is 6.04. The van der Waals surface area contributed by atoms with Gasteiger partial charge in [-0.25, -0.2) is 4.79 Å². The van der Waals surface area contributed by atoms with Gasteiger partial charge in [0.05, 0.1) is 24.2 Å². The molecule has 136 valence electrons. The number of ether oxygens (including phenoxy) is 1. The number of nitrogens with zero attached hydrogens (tertiary/aromatic N) is 1. The minimum Gasteiger partial charge on any atom is -0.478 e. The van der Waals surface area contributed by atoms with E-state index in [1.165, 1.54) is 17.0 Å². The second kappa shape index (κ2) is 9.36. The number of carbonyl (C=O) groups excluding carboxylic acids is 2. The number of benzene rings is 2. The van der Waals surface area contributed by atoms with Crippen LogP contribution >= 0.6 is 0 Å². The zero-order valence-corrected chi connectivity index (χ0v) is 14.6. The molecule has 0 aromatic heterocycles. The first-order valence-corrected chi connectivity index (χ1v) is 8.34. The van der Waals surface area contributed by atoms with Gasteiger partial charge in [-0.15, -0.1) is 0 Å². The van der Waals surface area contributed by atoms with Crippen LogP contribution in [-0.4, -0.2) is 41.0 Å². The molecular formula is C20H21NO5. The fraction of sp³-hybridized carbons (Fsp3) is 0.250. The highest BCUT2D eigenvalue weighted by Gasteiger charge is 2.22. The van der Waals surface area contributed by atoms with Crippen LogP contribution in [0.15, 0.2) is 54.6 Å². The SMILES string of the molecule is CCOC(=O)CCN(Cc1ccccc1)C(=O)c1ccccc1C(=O)O. The Morgan fingerprint density at radius 3 is 2.19 bits per heavy atom. The second-order valence-electron chi connectivity index (χ2n) is 5.62. The Morgan fingerprint density at radius 2 is 1.58 bits per heavy atom. The zero-order valence-electron chi connectivity index (χ0n) is 14.6. The third-order valence-corrected chi connectivity index (χ3v) is 3.78. The standard InChI is InChI=1S/C20H21NO5/c1-2-26-18(22)12-13-21(14-15-8-4-3-5-9-15)19(23)16-10-6-7-11-17(16)20(24)25/h3-11H,2,12-14H2,1H3,(H,24,25). The molecular weight excluding hydrogens is 334 g/mol.